The van der Waals surface area contributed by atoms with Crippen molar-refractivity contribution in [3.63, 3.8) is 0 Å². The number of rotatable bonds is 5. The van der Waals surface area contributed by atoms with Crippen LogP contribution in [0.25, 0.3) is 0 Å². The topological polar surface area (TPSA) is 73.2 Å². The van der Waals surface area contributed by atoms with Crippen LogP contribution < -0.4 is 10.2 Å². The smallest absolute Gasteiger partial charge is 0.269 e. The summed E-state index contributed by atoms with van der Waals surface area (Å²) in [4.78, 5) is 28.0. The van der Waals surface area contributed by atoms with E-state index in [1.165, 1.54) is 17.0 Å². The fraction of sp³-hybridized carbons (Fsp3) is 0.0800. The molecule has 0 aromatic heterocycles. The summed E-state index contributed by atoms with van der Waals surface area (Å²) in [6, 6.07) is 20.6. The van der Waals surface area contributed by atoms with E-state index in [0.717, 1.165) is 11.8 Å². The maximum Gasteiger partial charge on any atom is 0.269 e. The molecule has 1 heterocycles. The number of carbonyl (C=O) groups is 2. The predicted molar refractivity (Wildman–Crippen MR) is 143 cm³/mol. The number of nitrogens with zero attached hydrogens (tertiary/aromatic N) is 2. The Hall–Kier alpha value is -2.66. The Morgan fingerprint density at radius 1 is 0.971 bits per heavy atom. The lowest BCUT2D eigenvalue weighted by molar-refractivity contribution is -0.117. The van der Waals surface area contributed by atoms with Crippen LogP contribution in [0, 0.1) is 11.3 Å². The molecule has 1 atom stereocenters. The van der Waals surface area contributed by atoms with Gasteiger partial charge >= 0.3 is 0 Å². The molecule has 1 aliphatic rings. The molecule has 1 fully saturated rings. The van der Waals surface area contributed by atoms with E-state index in [0.29, 0.717) is 32.0 Å². The maximum atomic E-state index is 13.5. The number of para-hydroxylation sites is 1. The van der Waals surface area contributed by atoms with Crippen LogP contribution in [0.15, 0.2) is 77.3 Å². The first-order valence-electron chi connectivity index (χ1n) is 10.2. The minimum absolute atomic E-state index is 0.210. The van der Waals surface area contributed by atoms with Gasteiger partial charge in [0.05, 0.1) is 25.3 Å². The number of amides is 2. The molecule has 0 bridgehead atoms. The highest BCUT2D eigenvalue weighted by Gasteiger charge is 2.41. The highest BCUT2D eigenvalue weighted by Crippen LogP contribution is 2.43. The van der Waals surface area contributed by atoms with E-state index in [1.807, 2.05) is 12.1 Å². The van der Waals surface area contributed by atoms with E-state index in [2.05, 4.69) is 5.32 Å². The van der Waals surface area contributed by atoms with Gasteiger partial charge in [-0.2, -0.15) is 5.26 Å². The number of nitrogens with one attached hydrogen (secondary N) is 1. The second-order valence-corrected chi connectivity index (χ2v) is 10.2. The molecule has 0 spiro atoms. The highest BCUT2D eigenvalue weighted by atomic mass is 35.5. The third-order valence-electron chi connectivity index (χ3n) is 5.13. The summed E-state index contributed by atoms with van der Waals surface area (Å²) < 4.78 is 0. The van der Waals surface area contributed by atoms with Crippen molar-refractivity contribution in [1.82, 2.24) is 0 Å². The molecule has 3 aromatic rings. The number of hydrogen-bond acceptors (Lipinski definition) is 4. The summed E-state index contributed by atoms with van der Waals surface area (Å²) in [5, 5.41) is 13.5. The molecule has 0 saturated carbocycles. The lowest BCUT2D eigenvalue weighted by Gasteiger charge is -2.18. The Balaban J connectivity index is 1.73. The van der Waals surface area contributed by atoms with E-state index in [1.54, 1.807) is 48.5 Å². The van der Waals surface area contributed by atoms with Crippen molar-refractivity contribution >= 4 is 81.4 Å². The molecule has 4 rings (SSSR count). The van der Waals surface area contributed by atoms with Crippen LogP contribution in [0.5, 0.6) is 0 Å². The summed E-state index contributed by atoms with van der Waals surface area (Å²) in [5.74, 6) is -0.953. The SMILES string of the molecule is N#C/C(C(=O)Nc1ccc(Cl)c(Cl)c1)=C1/SC(Cc2cccc(Cl)c2Cl)C(=O)N1c1ccccc1. The molecule has 2 amide bonds. The Morgan fingerprint density at radius 2 is 1.71 bits per heavy atom. The summed E-state index contributed by atoms with van der Waals surface area (Å²) in [6.07, 6.45) is 0.267. The van der Waals surface area contributed by atoms with E-state index >= 15 is 0 Å². The molecule has 10 heteroatoms. The first-order chi connectivity index (χ1) is 16.8. The number of anilines is 2. The van der Waals surface area contributed by atoms with E-state index in [9.17, 15) is 14.9 Å². The Labute approximate surface area is 226 Å². The molecule has 0 aliphatic carbocycles. The van der Waals surface area contributed by atoms with Gasteiger partial charge in [0.25, 0.3) is 5.91 Å². The fourth-order valence-electron chi connectivity index (χ4n) is 3.47. The van der Waals surface area contributed by atoms with Crippen LogP contribution in [0.4, 0.5) is 11.4 Å². The first-order valence-corrected chi connectivity index (χ1v) is 12.6. The van der Waals surface area contributed by atoms with Gasteiger partial charge in [-0.25, -0.2) is 0 Å². The quantitative estimate of drug-likeness (QED) is 0.260. The zero-order valence-corrected chi connectivity index (χ0v) is 21.6. The minimum atomic E-state index is -0.677. The molecule has 1 saturated heterocycles. The summed E-state index contributed by atoms with van der Waals surface area (Å²) in [7, 11) is 0. The van der Waals surface area contributed by atoms with Crippen molar-refractivity contribution in [3.8, 4) is 6.07 Å². The normalized spacial score (nSPS) is 16.7. The Kier molecular flexibility index (Phi) is 7.95. The Morgan fingerprint density at radius 3 is 2.40 bits per heavy atom. The van der Waals surface area contributed by atoms with Gasteiger partial charge in [0.1, 0.15) is 16.7 Å². The van der Waals surface area contributed by atoms with Crippen molar-refractivity contribution in [2.75, 3.05) is 10.2 Å². The third-order valence-corrected chi connectivity index (χ3v) is 7.99. The van der Waals surface area contributed by atoms with Crippen LogP contribution in [-0.2, 0) is 16.0 Å². The van der Waals surface area contributed by atoms with Gasteiger partial charge in [-0.3, -0.25) is 14.5 Å². The van der Waals surface area contributed by atoms with Crippen molar-refractivity contribution < 1.29 is 9.59 Å². The lowest BCUT2D eigenvalue weighted by Crippen LogP contribution is -2.31. The van der Waals surface area contributed by atoms with Crippen molar-refractivity contribution in [3.05, 3.63) is 103 Å². The van der Waals surface area contributed by atoms with Gasteiger partial charge in [0.15, 0.2) is 0 Å². The standard InChI is InChI=1S/C25H15Cl4N3O2S/c26-18-10-9-15(12-20(18)28)31-23(33)17(13-30)25-32(16-6-2-1-3-7-16)24(34)21(35-25)11-14-5-4-8-19(27)22(14)29/h1-10,12,21H,11H2,(H,31,33)/b25-17-. The van der Waals surface area contributed by atoms with E-state index in [-0.39, 0.29) is 28.0 Å². The van der Waals surface area contributed by atoms with Crippen molar-refractivity contribution in [1.29, 1.82) is 5.26 Å². The molecule has 3 aromatic carbocycles. The molecule has 1 N–H and O–H groups in total. The molecular weight excluding hydrogens is 548 g/mol. The fourth-order valence-corrected chi connectivity index (χ4v) is 5.46. The van der Waals surface area contributed by atoms with Crippen LogP contribution >= 0.6 is 58.2 Å². The van der Waals surface area contributed by atoms with Gasteiger partial charge in [-0.05, 0) is 48.4 Å². The largest absolute Gasteiger partial charge is 0.321 e. The monoisotopic (exact) mass is 561 g/mol. The number of carbonyl (C=O) groups excluding carboxylic acids is 2. The predicted octanol–water partition coefficient (Wildman–Crippen LogP) is 7.37. The van der Waals surface area contributed by atoms with Crippen LogP contribution in [0.3, 0.4) is 0 Å². The van der Waals surface area contributed by atoms with Gasteiger partial charge in [-0.1, -0.05) is 88.5 Å². The number of thioether (sulfide) groups is 1. The second-order valence-electron chi connectivity index (χ2n) is 7.41. The average Bonchev–Trinajstić information content (AvgIpc) is 3.15. The van der Waals surface area contributed by atoms with Gasteiger partial charge in [-0.15, -0.1) is 0 Å². The number of hydrogen-bond donors (Lipinski definition) is 1. The molecule has 1 unspecified atom stereocenters. The Bertz CT molecular complexity index is 1390. The van der Waals surface area contributed by atoms with Crippen molar-refractivity contribution in [2.45, 2.75) is 11.7 Å². The van der Waals surface area contributed by atoms with Gasteiger partial charge in [0, 0.05) is 11.4 Å². The first kappa shape index (κ1) is 25.4. The molecular formula is C25H15Cl4N3O2S. The van der Waals surface area contributed by atoms with Crippen molar-refractivity contribution in [2.24, 2.45) is 0 Å². The van der Waals surface area contributed by atoms with Gasteiger partial charge in [0.2, 0.25) is 5.91 Å². The number of benzene rings is 3. The zero-order valence-electron chi connectivity index (χ0n) is 17.8. The minimum Gasteiger partial charge on any atom is -0.321 e. The van der Waals surface area contributed by atoms with Crippen LogP contribution in [0.1, 0.15) is 5.56 Å². The molecule has 35 heavy (non-hydrogen) atoms. The summed E-state index contributed by atoms with van der Waals surface area (Å²) >= 11 is 25.6. The third kappa shape index (κ3) is 5.45. The molecule has 176 valence electrons. The van der Waals surface area contributed by atoms with Crippen LogP contribution in [0.2, 0.25) is 20.1 Å². The van der Waals surface area contributed by atoms with E-state index in [4.69, 9.17) is 46.4 Å². The lowest BCUT2D eigenvalue weighted by atomic mass is 10.1. The number of halogens is 4. The zero-order chi connectivity index (χ0) is 25.1. The molecule has 1 aliphatic heterocycles. The summed E-state index contributed by atoms with van der Waals surface area (Å²) in [6.45, 7) is 0. The van der Waals surface area contributed by atoms with Gasteiger partial charge < -0.3 is 5.32 Å². The second kappa shape index (κ2) is 10.9. The van der Waals surface area contributed by atoms with Crippen LogP contribution in [-0.4, -0.2) is 17.1 Å². The van der Waals surface area contributed by atoms with E-state index < -0.39 is 11.2 Å². The molecule has 5 nitrogen and oxygen atoms in total. The number of nitriles is 1. The molecule has 0 radical (unpaired) electrons. The highest BCUT2D eigenvalue weighted by molar-refractivity contribution is 8.05. The average molecular weight is 563 g/mol. The summed E-state index contributed by atoms with van der Waals surface area (Å²) in [5.41, 5.74) is 1.38. The maximum absolute atomic E-state index is 13.5.